The van der Waals surface area contributed by atoms with E-state index in [9.17, 15) is 4.79 Å². The molecule has 1 aliphatic carbocycles. The highest BCUT2D eigenvalue weighted by atomic mass is 16.1. The fraction of sp³-hybridized carbons (Fsp3) is 0.692. The van der Waals surface area contributed by atoms with Gasteiger partial charge in [-0.25, -0.2) is 4.68 Å². The first-order valence-electron chi connectivity index (χ1n) is 7.05. The van der Waals surface area contributed by atoms with Crippen LogP contribution in [-0.2, 0) is 6.54 Å². The first-order valence-corrected chi connectivity index (χ1v) is 7.05. The third kappa shape index (κ3) is 1.95. The van der Waals surface area contributed by atoms with Crippen molar-refractivity contribution < 1.29 is 0 Å². The maximum Gasteiger partial charge on any atom is 0.296 e. The molecule has 0 saturated heterocycles. The molecule has 1 fully saturated rings. The van der Waals surface area contributed by atoms with Gasteiger partial charge in [0.15, 0.2) is 5.52 Å². The molecule has 1 saturated carbocycles. The van der Waals surface area contributed by atoms with Crippen molar-refractivity contribution in [1.29, 1.82) is 0 Å². The van der Waals surface area contributed by atoms with Gasteiger partial charge in [-0.15, -0.1) is 5.10 Å². The van der Waals surface area contributed by atoms with Crippen LogP contribution in [0.25, 0.3) is 11.0 Å². The number of fused-ring (bicyclic) bond motifs is 1. The fourth-order valence-electron chi connectivity index (χ4n) is 2.94. The highest BCUT2D eigenvalue weighted by Gasteiger charge is 2.21. The van der Waals surface area contributed by atoms with Crippen molar-refractivity contribution in [1.82, 2.24) is 24.8 Å². The molecular weight excluding hydrogens is 242 g/mol. The van der Waals surface area contributed by atoms with Gasteiger partial charge in [0.1, 0.15) is 5.52 Å². The molecule has 6 heteroatoms. The van der Waals surface area contributed by atoms with Crippen LogP contribution in [0.1, 0.15) is 50.8 Å². The van der Waals surface area contributed by atoms with Gasteiger partial charge < -0.3 is 0 Å². The number of hydrogen-bond acceptors (Lipinski definition) is 4. The van der Waals surface area contributed by atoms with Crippen molar-refractivity contribution in [3.05, 3.63) is 16.0 Å². The minimum Gasteiger partial charge on any atom is -0.265 e. The summed E-state index contributed by atoms with van der Waals surface area (Å²) < 4.78 is 3.32. The Hall–Kier alpha value is -1.72. The van der Waals surface area contributed by atoms with Crippen LogP contribution in [0.3, 0.4) is 0 Å². The van der Waals surface area contributed by atoms with Gasteiger partial charge in [-0.3, -0.25) is 9.48 Å². The standard InChI is InChI=1S/C13H19N5O/c1-3-17-12-11(9(2)15-17)14-16-18(13(12)19)10-7-5-4-6-8-10/h10H,3-8H2,1-2H3. The van der Waals surface area contributed by atoms with Crippen molar-refractivity contribution >= 4 is 11.0 Å². The summed E-state index contributed by atoms with van der Waals surface area (Å²) in [5.74, 6) is 0. The van der Waals surface area contributed by atoms with Crippen molar-refractivity contribution in [2.75, 3.05) is 0 Å². The molecule has 0 radical (unpaired) electrons. The number of aryl methyl sites for hydroxylation is 2. The molecule has 3 rings (SSSR count). The molecule has 0 aromatic carbocycles. The minimum atomic E-state index is -0.0423. The zero-order valence-corrected chi connectivity index (χ0v) is 11.5. The number of rotatable bonds is 2. The van der Waals surface area contributed by atoms with E-state index in [0.717, 1.165) is 18.5 Å². The van der Waals surface area contributed by atoms with Crippen molar-refractivity contribution in [2.45, 2.75) is 58.5 Å². The molecule has 0 bridgehead atoms. The Morgan fingerprint density at radius 1 is 1.26 bits per heavy atom. The molecule has 2 heterocycles. The summed E-state index contributed by atoms with van der Waals surface area (Å²) in [6, 6.07) is 0.207. The van der Waals surface area contributed by atoms with Gasteiger partial charge >= 0.3 is 0 Å². The van der Waals surface area contributed by atoms with E-state index in [2.05, 4.69) is 15.4 Å². The molecule has 2 aromatic heterocycles. The molecule has 19 heavy (non-hydrogen) atoms. The van der Waals surface area contributed by atoms with Gasteiger partial charge in [-0.1, -0.05) is 24.5 Å². The van der Waals surface area contributed by atoms with Gasteiger partial charge in [-0.05, 0) is 26.7 Å². The van der Waals surface area contributed by atoms with Crippen LogP contribution < -0.4 is 5.56 Å². The van der Waals surface area contributed by atoms with Crippen LogP contribution in [0, 0.1) is 6.92 Å². The number of aromatic nitrogens is 5. The summed E-state index contributed by atoms with van der Waals surface area (Å²) in [5.41, 5.74) is 1.97. The molecule has 0 aliphatic heterocycles. The largest absolute Gasteiger partial charge is 0.296 e. The van der Waals surface area contributed by atoms with E-state index >= 15 is 0 Å². The van der Waals surface area contributed by atoms with Crippen LogP contribution in [0.15, 0.2) is 4.79 Å². The van der Waals surface area contributed by atoms with Crippen molar-refractivity contribution in [3.63, 3.8) is 0 Å². The second-order valence-electron chi connectivity index (χ2n) is 5.23. The number of nitrogens with zero attached hydrogens (tertiary/aromatic N) is 5. The lowest BCUT2D eigenvalue weighted by molar-refractivity contribution is 0.311. The van der Waals surface area contributed by atoms with E-state index in [4.69, 9.17) is 0 Å². The predicted octanol–water partition coefficient (Wildman–Crippen LogP) is 1.82. The second-order valence-corrected chi connectivity index (χ2v) is 5.23. The Bertz CT molecular complexity index is 651. The van der Waals surface area contributed by atoms with Crippen molar-refractivity contribution in [3.8, 4) is 0 Å². The first-order chi connectivity index (χ1) is 9.22. The van der Waals surface area contributed by atoms with Crippen LogP contribution in [-0.4, -0.2) is 24.8 Å². The lowest BCUT2D eigenvalue weighted by Gasteiger charge is -2.21. The smallest absolute Gasteiger partial charge is 0.265 e. The lowest BCUT2D eigenvalue weighted by Crippen LogP contribution is -2.30. The second kappa shape index (κ2) is 4.75. The first kappa shape index (κ1) is 12.3. The van der Waals surface area contributed by atoms with Crippen LogP contribution in [0.4, 0.5) is 0 Å². The van der Waals surface area contributed by atoms with E-state index < -0.39 is 0 Å². The van der Waals surface area contributed by atoms with Crippen LogP contribution in [0.2, 0.25) is 0 Å². The zero-order valence-electron chi connectivity index (χ0n) is 11.5. The fourth-order valence-corrected chi connectivity index (χ4v) is 2.94. The van der Waals surface area contributed by atoms with Crippen LogP contribution >= 0.6 is 0 Å². The SMILES string of the molecule is CCn1nc(C)c2nnn(C3CCCCC3)c(=O)c21. The molecule has 1 aliphatic rings. The summed E-state index contributed by atoms with van der Waals surface area (Å²) in [4.78, 5) is 12.6. The van der Waals surface area contributed by atoms with Gasteiger partial charge in [-0.2, -0.15) is 5.10 Å². The average Bonchev–Trinajstić information content (AvgIpc) is 2.78. The molecule has 0 spiro atoms. The molecule has 0 atom stereocenters. The quantitative estimate of drug-likeness (QED) is 0.827. The summed E-state index contributed by atoms with van der Waals surface area (Å²) in [7, 11) is 0. The third-order valence-corrected chi connectivity index (χ3v) is 3.97. The normalized spacial score (nSPS) is 17.2. The maximum atomic E-state index is 12.6. The van der Waals surface area contributed by atoms with Gasteiger partial charge in [0, 0.05) is 6.54 Å². The third-order valence-electron chi connectivity index (χ3n) is 3.97. The van der Waals surface area contributed by atoms with E-state index in [0.29, 0.717) is 17.6 Å². The Labute approximate surface area is 111 Å². The highest BCUT2D eigenvalue weighted by molar-refractivity contribution is 5.75. The lowest BCUT2D eigenvalue weighted by atomic mass is 9.96. The maximum absolute atomic E-state index is 12.6. The number of hydrogen-bond donors (Lipinski definition) is 0. The summed E-state index contributed by atoms with van der Waals surface area (Å²) in [6.07, 6.45) is 5.65. The van der Waals surface area contributed by atoms with E-state index in [-0.39, 0.29) is 11.6 Å². The van der Waals surface area contributed by atoms with E-state index in [1.165, 1.54) is 19.3 Å². The van der Waals surface area contributed by atoms with E-state index in [1.807, 2.05) is 13.8 Å². The summed E-state index contributed by atoms with van der Waals surface area (Å²) in [5, 5.41) is 12.7. The Balaban J connectivity index is 2.17. The molecule has 102 valence electrons. The summed E-state index contributed by atoms with van der Waals surface area (Å²) in [6.45, 7) is 4.53. The molecule has 0 N–H and O–H groups in total. The van der Waals surface area contributed by atoms with Gasteiger partial charge in [0.2, 0.25) is 0 Å². The Kier molecular flexibility index (Phi) is 3.08. The van der Waals surface area contributed by atoms with E-state index in [1.54, 1.807) is 9.36 Å². The molecule has 0 unspecified atom stereocenters. The van der Waals surface area contributed by atoms with Crippen LogP contribution in [0.5, 0.6) is 0 Å². The minimum absolute atomic E-state index is 0.0423. The topological polar surface area (TPSA) is 65.6 Å². The average molecular weight is 261 g/mol. The molecular formula is C13H19N5O. The molecule has 0 amide bonds. The van der Waals surface area contributed by atoms with Crippen molar-refractivity contribution in [2.24, 2.45) is 0 Å². The van der Waals surface area contributed by atoms with Gasteiger partial charge in [0.25, 0.3) is 5.56 Å². The molecule has 2 aromatic rings. The Morgan fingerprint density at radius 3 is 2.68 bits per heavy atom. The predicted molar refractivity (Wildman–Crippen MR) is 72.1 cm³/mol. The highest BCUT2D eigenvalue weighted by Crippen LogP contribution is 2.26. The zero-order chi connectivity index (χ0) is 13.4. The van der Waals surface area contributed by atoms with Gasteiger partial charge in [0.05, 0.1) is 11.7 Å². The molecule has 6 nitrogen and oxygen atoms in total. The summed E-state index contributed by atoms with van der Waals surface area (Å²) >= 11 is 0. The Morgan fingerprint density at radius 2 is 2.00 bits per heavy atom. The monoisotopic (exact) mass is 261 g/mol.